The molecule has 3 heteroatoms. The van der Waals surface area contributed by atoms with E-state index in [-0.39, 0.29) is 11.3 Å². The van der Waals surface area contributed by atoms with Gasteiger partial charge >= 0.3 is 0 Å². The van der Waals surface area contributed by atoms with Gasteiger partial charge in [0, 0.05) is 24.9 Å². The standard InChI is InChI=1S/C15H22N2O/c1-11-4-5-12(2)13(8-11)15(10-16-3)6-7-17-14(18)9-15/h4-5,8,16H,6-7,9-10H2,1-3H3,(H,17,18). The van der Waals surface area contributed by atoms with Crippen LogP contribution in [0.5, 0.6) is 0 Å². The van der Waals surface area contributed by atoms with Gasteiger partial charge in [-0.1, -0.05) is 23.8 Å². The largest absolute Gasteiger partial charge is 0.356 e. The Morgan fingerprint density at radius 2 is 2.17 bits per heavy atom. The summed E-state index contributed by atoms with van der Waals surface area (Å²) in [7, 11) is 1.96. The minimum absolute atomic E-state index is 0.0484. The first-order valence-corrected chi connectivity index (χ1v) is 6.56. The first-order valence-electron chi connectivity index (χ1n) is 6.56. The molecule has 1 heterocycles. The Morgan fingerprint density at radius 1 is 1.39 bits per heavy atom. The molecule has 1 amide bonds. The third-order valence-electron chi connectivity index (χ3n) is 3.90. The lowest BCUT2D eigenvalue weighted by atomic mass is 9.71. The van der Waals surface area contributed by atoms with Crippen LogP contribution in [0, 0.1) is 13.8 Å². The van der Waals surface area contributed by atoms with E-state index >= 15 is 0 Å². The van der Waals surface area contributed by atoms with Gasteiger partial charge in [-0.15, -0.1) is 0 Å². The lowest BCUT2D eigenvalue weighted by Crippen LogP contribution is -2.48. The van der Waals surface area contributed by atoms with Crippen LogP contribution in [0.1, 0.15) is 29.5 Å². The van der Waals surface area contributed by atoms with Crippen LogP contribution in [0.15, 0.2) is 18.2 Å². The molecule has 1 unspecified atom stereocenters. The normalized spacial score (nSPS) is 23.8. The van der Waals surface area contributed by atoms with E-state index in [9.17, 15) is 4.79 Å². The molecule has 18 heavy (non-hydrogen) atoms. The zero-order valence-electron chi connectivity index (χ0n) is 11.5. The molecular formula is C15H22N2O. The Hall–Kier alpha value is -1.35. The maximum atomic E-state index is 11.8. The molecule has 3 nitrogen and oxygen atoms in total. The van der Waals surface area contributed by atoms with Gasteiger partial charge < -0.3 is 10.6 Å². The smallest absolute Gasteiger partial charge is 0.220 e. The summed E-state index contributed by atoms with van der Waals surface area (Å²) in [5, 5.41) is 6.20. The van der Waals surface area contributed by atoms with Crippen molar-refractivity contribution in [3.05, 3.63) is 34.9 Å². The van der Waals surface area contributed by atoms with Crippen molar-refractivity contribution in [3.63, 3.8) is 0 Å². The van der Waals surface area contributed by atoms with Crippen molar-refractivity contribution < 1.29 is 4.79 Å². The topological polar surface area (TPSA) is 41.1 Å². The summed E-state index contributed by atoms with van der Waals surface area (Å²) < 4.78 is 0. The monoisotopic (exact) mass is 246 g/mol. The van der Waals surface area contributed by atoms with Gasteiger partial charge in [0.15, 0.2) is 0 Å². The number of piperidine rings is 1. The van der Waals surface area contributed by atoms with Crippen molar-refractivity contribution in [1.82, 2.24) is 10.6 Å². The van der Waals surface area contributed by atoms with Crippen molar-refractivity contribution >= 4 is 5.91 Å². The number of nitrogens with one attached hydrogen (secondary N) is 2. The van der Waals surface area contributed by atoms with Gasteiger partial charge in [-0.05, 0) is 38.4 Å². The molecular weight excluding hydrogens is 224 g/mol. The van der Waals surface area contributed by atoms with Crippen LogP contribution in [0.25, 0.3) is 0 Å². The Morgan fingerprint density at radius 3 is 2.83 bits per heavy atom. The molecule has 2 N–H and O–H groups in total. The van der Waals surface area contributed by atoms with Gasteiger partial charge in [-0.2, -0.15) is 0 Å². The van der Waals surface area contributed by atoms with E-state index in [2.05, 4.69) is 42.7 Å². The molecule has 1 fully saturated rings. The summed E-state index contributed by atoms with van der Waals surface area (Å²) >= 11 is 0. The number of amides is 1. The lowest BCUT2D eigenvalue weighted by molar-refractivity contribution is -0.124. The van der Waals surface area contributed by atoms with Gasteiger partial charge in [0.05, 0.1) is 0 Å². The molecule has 0 radical (unpaired) electrons. The van der Waals surface area contributed by atoms with E-state index in [1.165, 1.54) is 16.7 Å². The van der Waals surface area contributed by atoms with Crippen LogP contribution in [0.3, 0.4) is 0 Å². The zero-order valence-corrected chi connectivity index (χ0v) is 11.5. The Bertz CT molecular complexity index is 452. The number of rotatable bonds is 3. The SMILES string of the molecule is CNCC1(c2cc(C)ccc2C)CCNC(=O)C1. The van der Waals surface area contributed by atoms with E-state index in [0.29, 0.717) is 6.42 Å². The Balaban J connectivity index is 2.45. The summed E-state index contributed by atoms with van der Waals surface area (Å²) in [6.45, 7) is 5.87. The number of carbonyl (C=O) groups is 1. The Labute approximate surface area is 109 Å². The number of hydrogen-bond donors (Lipinski definition) is 2. The lowest BCUT2D eigenvalue weighted by Gasteiger charge is -2.38. The van der Waals surface area contributed by atoms with Crippen molar-refractivity contribution in [2.24, 2.45) is 0 Å². The highest BCUT2D eigenvalue weighted by Crippen LogP contribution is 2.35. The fourth-order valence-electron chi connectivity index (χ4n) is 3.02. The molecule has 0 bridgehead atoms. The number of hydrogen-bond acceptors (Lipinski definition) is 2. The second-order valence-electron chi connectivity index (χ2n) is 5.41. The molecule has 1 aromatic carbocycles. The first-order chi connectivity index (χ1) is 8.57. The van der Waals surface area contributed by atoms with E-state index < -0.39 is 0 Å². The van der Waals surface area contributed by atoms with Crippen LogP contribution in [0.4, 0.5) is 0 Å². The quantitative estimate of drug-likeness (QED) is 0.852. The van der Waals surface area contributed by atoms with Gasteiger partial charge in [0.1, 0.15) is 0 Å². The maximum absolute atomic E-state index is 11.8. The molecule has 98 valence electrons. The highest BCUT2D eigenvalue weighted by molar-refractivity contribution is 5.79. The fraction of sp³-hybridized carbons (Fsp3) is 0.533. The predicted molar refractivity (Wildman–Crippen MR) is 73.8 cm³/mol. The van der Waals surface area contributed by atoms with Crippen molar-refractivity contribution in [3.8, 4) is 0 Å². The molecule has 0 saturated carbocycles. The van der Waals surface area contributed by atoms with Crippen LogP contribution < -0.4 is 10.6 Å². The zero-order chi connectivity index (χ0) is 13.2. The fourth-order valence-corrected chi connectivity index (χ4v) is 3.02. The number of likely N-dealkylation sites (N-methyl/N-ethyl adjacent to an activating group) is 1. The third kappa shape index (κ3) is 2.41. The van der Waals surface area contributed by atoms with Gasteiger partial charge in [-0.3, -0.25) is 4.79 Å². The molecule has 1 aromatic rings. The number of benzene rings is 1. The maximum Gasteiger partial charge on any atom is 0.220 e. The van der Waals surface area contributed by atoms with Crippen LogP contribution in [-0.2, 0) is 10.2 Å². The van der Waals surface area contributed by atoms with Crippen molar-refractivity contribution in [1.29, 1.82) is 0 Å². The van der Waals surface area contributed by atoms with E-state index in [1.54, 1.807) is 0 Å². The van der Waals surface area contributed by atoms with Crippen LogP contribution in [0.2, 0.25) is 0 Å². The second kappa shape index (κ2) is 5.11. The highest BCUT2D eigenvalue weighted by Gasteiger charge is 2.37. The van der Waals surface area contributed by atoms with E-state index in [4.69, 9.17) is 0 Å². The molecule has 0 aromatic heterocycles. The molecule has 1 atom stereocenters. The Kier molecular flexibility index (Phi) is 3.71. The molecule has 1 saturated heterocycles. The number of carbonyl (C=O) groups excluding carboxylic acids is 1. The molecule has 1 aliphatic rings. The second-order valence-corrected chi connectivity index (χ2v) is 5.41. The summed E-state index contributed by atoms with van der Waals surface area (Å²) in [4.78, 5) is 11.8. The van der Waals surface area contributed by atoms with Crippen molar-refractivity contribution in [2.75, 3.05) is 20.1 Å². The van der Waals surface area contributed by atoms with E-state index in [0.717, 1.165) is 19.5 Å². The van der Waals surface area contributed by atoms with E-state index in [1.807, 2.05) is 7.05 Å². The summed E-state index contributed by atoms with van der Waals surface area (Å²) in [6, 6.07) is 6.54. The van der Waals surface area contributed by atoms with Crippen LogP contribution >= 0.6 is 0 Å². The van der Waals surface area contributed by atoms with Gasteiger partial charge in [0.25, 0.3) is 0 Å². The molecule has 0 spiro atoms. The molecule has 2 rings (SSSR count). The average molecular weight is 246 g/mol. The van der Waals surface area contributed by atoms with Gasteiger partial charge in [-0.25, -0.2) is 0 Å². The van der Waals surface area contributed by atoms with Crippen LogP contribution in [-0.4, -0.2) is 26.0 Å². The minimum atomic E-state index is -0.0484. The first kappa shape index (κ1) is 13.1. The van der Waals surface area contributed by atoms with Gasteiger partial charge in [0.2, 0.25) is 5.91 Å². The summed E-state index contributed by atoms with van der Waals surface area (Å²) in [5.41, 5.74) is 3.82. The summed E-state index contributed by atoms with van der Waals surface area (Å²) in [6.07, 6.45) is 1.59. The minimum Gasteiger partial charge on any atom is -0.356 e. The molecule has 1 aliphatic heterocycles. The third-order valence-corrected chi connectivity index (χ3v) is 3.90. The average Bonchev–Trinajstić information content (AvgIpc) is 2.32. The number of aryl methyl sites for hydroxylation is 2. The summed E-state index contributed by atoms with van der Waals surface area (Å²) in [5.74, 6) is 0.164. The highest BCUT2D eigenvalue weighted by atomic mass is 16.1. The predicted octanol–water partition coefficient (Wildman–Crippen LogP) is 1.67. The van der Waals surface area contributed by atoms with Crippen molar-refractivity contribution in [2.45, 2.75) is 32.1 Å². The molecule has 0 aliphatic carbocycles.